The molecule has 2 saturated heterocycles. The molecule has 3 amide bonds. The molecule has 3 aliphatic rings. The van der Waals surface area contributed by atoms with Crippen molar-refractivity contribution in [2.75, 3.05) is 13.1 Å². The molecule has 7 nitrogen and oxygen atoms in total. The summed E-state index contributed by atoms with van der Waals surface area (Å²) in [6, 6.07) is 13.6. The number of amides is 3. The lowest BCUT2D eigenvalue weighted by Gasteiger charge is -2.34. The molecule has 0 aliphatic carbocycles. The minimum absolute atomic E-state index is 0.188. The van der Waals surface area contributed by atoms with E-state index in [2.05, 4.69) is 48.7 Å². The molecular formula is C29H35N3O4. The minimum atomic E-state index is -0.628. The third-order valence-corrected chi connectivity index (χ3v) is 7.91. The van der Waals surface area contributed by atoms with Gasteiger partial charge in [-0.15, -0.1) is 0 Å². The second-order valence-corrected chi connectivity index (χ2v) is 10.6. The monoisotopic (exact) mass is 489 g/mol. The molecule has 0 spiro atoms. The number of rotatable bonds is 7. The summed E-state index contributed by atoms with van der Waals surface area (Å²) in [5.74, 6) is 1.65. The van der Waals surface area contributed by atoms with E-state index in [-0.39, 0.29) is 18.2 Å². The number of piperidine rings is 2. The Morgan fingerprint density at radius 1 is 1.00 bits per heavy atom. The minimum Gasteiger partial charge on any atom is -0.489 e. The van der Waals surface area contributed by atoms with Gasteiger partial charge in [-0.25, -0.2) is 0 Å². The smallest absolute Gasteiger partial charge is 0.255 e. The molecule has 3 heterocycles. The van der Waals surface area contributed by atoms with Gasteiger partial charge in [0.25, 0.3) is 5.91 Å². The molecule has 3 aliphatic heterocycles. The van der Waals surface area contributed by atoms with Gasteiger partial charge in [0.05, 0.1) is 6.54 Å². The van der Waals surface area contributed by atoms with Gasteiger partial charge in [-0.3, -0.25) is 19.7 Å². The number of carbonyl (C=O) groups is 3. The number of benzene rings is 2. The van der Waals surface area contributed by atoms with E-state index in [0.29, 0.717) is 48.6 Å². The lowest BCUT2D eigenvalue weighted by Crippen LogP contribution is -2.52. The average Bonchev–Trinajstić information content (AvgIpc) is 3.21. The predicted molar refractivity (Wildman–Crippen MR) is 136 cm³/mol. The third kappa shape index (κ3) is 4.89. The van der Waals surface area contributed by atoms with Crippen LogP contribution in [0.25, 0.3) is 0 Å². The van der Waals surface area contributed by atoms with Crippen molar-refractivity contribution in [3.8, 4) is 5.75 Å². The summed E-state index contributed by atoms with van der Waals surface area (Å²) in [4.78, 5) is 38.5. The zero-order valence-electron chi connectivity index (χ0n) is 21.1. The quantitative estimate of drug-likeness (QED) is 0.578. The molecule has 0 aromatic heterocycles. The lowest BCUT2D eigenvalue weighted by molar-refractivity contribution is -0.136. The molecule has 2 aromatic rings. The van der Waals surface area contributed by atoms with Crippen LogP contribution in [0.5, 0.6) is 5.75 Å². The van der Waals surface area contributed by atoms with Crippen molar-refractivity contribution in [1.29, 1.82) is 0 Å². The first-order chi connectivity index (χ1) is 17.4. The predicted octanol–water partition coefficient (Wildman–Crippen LogP) is 3.77. The molecule has 36 heavy (non-hydrogen) atoms. The summed E-state index contributed by atoms with van der Waals surface area (Å²) in [6.07, 6.45) is 3.04. The fraction of sp³-hybridized carbons (Fsp3) is 0.483. The van der Waals surface area contributed by atoms with Crippen LogP contribution in [0.4, 0.5) is 0 Å². The SMILES string of the molecule is CC(C)C(c1ccc(COc2cccc3c2CN(C2CCC(=O)NC2=O)C3=O)cc1)C1CCNCC1. The van der Waals surface area contributed by atoms with Crippen LogP contribution in [0.15, 0.2) is 42.5 Å². The van der Waals surface area contributed by atoms with Crippen LogP contribution in [0, 0.1) is 11.8 Å². The van der Waals surface area contributed by atoms with Crippen LogP contribution in [0.2, 0.25) is 0 Å². The first kappa shape index (κ1) is 24.5. The number of hydrogen-bond donors (Lipinski definition) is 2. The van der Waals surface area contributed by atoms with Crippen molar-refractivity contribution < 1.29 is 19.1 Å². The summed E-state index contributed by atoms with van der Waals surface area (Å²) < 4.78 is 6.19. The lowest BCUT2D eigenvalue weighted by atomic mass is 9.74. The first-order valence-electron chi connectivity index (χ1n) is 13.1. The van der Waals surface area contributed by atoms with Crippen molar-refractivity contribution in [1.82, 2.24) is 15.5 Å². The van der Waals surface area contributed by atoms with Crippen molar-refractivity contribution in [3.05, 3.63) is 64.7 Å². The molecule has 2 atom stereocenters. The molecule has 7 heteroatoms. The standard InChI is InChI=1S/C29H35N3O4/c1-18(2)27(21-12-14-30-15-13-21)20-8-6-19(7-9-20)17-36-25-5-3-4-22-23(25)16-32(29(22)35)24-10-11-26(33)31-28(24)34/h3-9,18,21,24,27,30H,10-17H2,1-2H3,(H,31,33,34). The average molecular weight is 490 g/mol. The fourth-order valence-electron chi connectivity index (χ4n) is 6.09. The number of nitrogens with one attached hydrogen (secondary N) is 2. The largest absolute Gasteiger partial charge is 0.489 e. The molecule has 5 rings (SSSR count). The summed E-state index contributed by atoms with van der Waals surface area (Å²) in [7, 11) is 0. The van der Waals surface area contributed by atoms with Crippen LogP contribution in [0.1, 0.15) is 72.5 Å². The van der Waals surface area contributed by atoms with Gasteiger partial charge >= 0.3 is 0 Å². The number of carbonyl (C=O) groups excluding carboxylic acids is 3. The number of ether oxygens (including phenoxy) is 1. The van der Waals surface area contributed by atoms with Crippen LogP contribution in [-0.2, 0) is 22.7 Å². The van der Waals surface area contributed by atoms with E-state index in [4.69, 9.17) is 4.74 Å². The van der Waals surface area contributed by atoms with Gasteiger partial charge in [-0.05, 0) is 73.4 Å². The van der Waals surface area contributed by atoms with Crippen molar-refractivity contribution >= 4 is 17.7 Å². The fourth-order valence-corrected chi connectivity index (χ4v) is 6.09. The van der Waals surface area contributed by atoms with E-state index in [1.54, 1.807) is 11.0 Å². The maximum absolute atomic E-state index is 13.0. The van der Waals surface area contributed by atoms with Gasteiger partial charge in [0, 0.05) is 17.5 Å². The summed E-state index contributed by atoms with van der Waals surface area (Å²) in [5.41, 5.74) is 3.84. The molecular weight excluding hydrogens is 454 g/mol. The van der Waals surface area contributed by atoms with E-state index in [1.165, 1.54) is 18.4 Å². The van der Waals surface area contributed by atoms with Gasteiger partial charge in [-0.1, -0.05) is 44.2 Å². The van der Waals surface area contributed by atoms with Crippen LogP contribution in [-0.4, -0.2) is 41.8 Å². The Labute approximate surface area is 212 Å². The molecule has 2 aromatic carbocycles. The Morgan fingerprint density at radius 2 is 1.75 bits per heavy atom. The maximum Gasteiger partial charge on any atom is 0.255 e. The van der Waals surface area contributed by atoms with Gasteiger partial charge in [-0.2, -0.15) is 0 Å². The zero-order valence-corrected chi connectivity index (χ0v) is 21.1. The third-order valence-electron chi connectivity index (χ3n) is 7.91. The molecule has 0 saturated carbocycles. The molecule has 2 fully saturated rings. The van der Waals surface area contributed by atoms with E-state index in [9.17, 15) is 14.4 Å². The van der Waals surface area contributed by atoms with E-state index in [0.717, 1.165) is 24.2 Å². The second kappa shape index (κ2) is 10.4. The topological polar surface area (TPSA) is 87.7 Å². The van der Waals surface area contributed by atoms with Gasteiger partial charge < -0.3 is 15.0 Å². The zero-order chi connectivity index (χ0) is 25.2. The summed E-state index contributed by atoms with van der Waals surface area (Å²) >= 11 is 0. The number of imide groups is 1. The van der Waals surface area contributed by atoms with Gasteiger partial charge in [0.15, 0.2) is 0 Å². The summed E-state index contributed by atoms with van der Waals surface area (Å²) in [5, 5.41) is 5.82. The van der Waals surface area contributed by atoms with Gasteiger partial charge in [0.2, 0.25) is 11.8 Å². The maximum atomic E-state index is 13.0. The highest BCUT2D eigenvalue weighted by Crippen LogP contribution is 2.37. The normalized spacial score (nSPS) is 21.5. The molecule has 2 N–H and O–H groups in total. The Morgan fingerprint density at radius 3 is 2.44 bits per heavy atom. The van der Waals surface area contributed by atoms with Crippen LogP contribution in [0.3, 0.4) is 0 Å². The highest BCUT2D eigenvalue weighted by atomic mass is 16.5. The Hall–Kier alpha value is -3.19. The van der Waals surface area contributed by atoms with E-state index >= 15 is 0 Å². The van der Waals surface area contributed by atoms with Crippen molar-refractivity contribution in [3.63, 3.8) is 0 Å². The summed E-state index contributed by atoms with van der Waals surface area (Å²) in [6.45, 7) is 7.55. The molecule has 190 valence electrons. The highest BCUT2D eigenvalue weighted by molar-refractivity contribution is 6.05. The van der Waals surface area contributed by atoms with E-state index < -0.39 is 11.9 Å². The Kier molecular flexibility index (Phi) is 7.10. The second-order valence-electron chi connectivity index (χ2n) is 10.6. The number of fused-ring (bicyclic) bond motifs is 1. The molecule has 0 radical (unpaired) electrons. The number of hydrogen-bond acceptors (Lipinski definition) is 5. The van der Waals surface area contributed by atoms with Crippen molar-refractivity contribution in [2.45, 2.75) is 64.6 Å². The van der Waals surface area contributed by atoms with E-state index in [1.807, 2.05) is 12.1 Å². The Balaban J connectivity index is 1.26. The molecule has 0 bridgehead atoms. The Bertz CT molecular complexity index is 1140. The molecule has 2 unspecified atom stereocenters. The van der Waals surface area contributed by atoms with Crippen LogP contribution < -0.4 is 15.4 Å². The number of nitrogens with zero attached hydrogens (tertiary/aromatic N) is 1. The highest BCUT2D eigenvalue weighted by Gasteiger charge is 2.40. The first-order valence-corrected chi connectivity index (χ1v) is 13.1. The van der Waals surface area contributed by atoms with Crippen LogP contribution >= 0.6 is 0 Å². The van der Waals surface area contributed by atoms with Gasteiger partial charge in [0.1, 0.15) is 18.4 Å². The van der Waals surface area contributed by atoms with Crippen molar-refractivity contribution in [2.24, 2.45) is 11.8 Å².